The molecule has 0 rings (SSSR count). The van der Waals surface area contributed by atoms with Crippen molar-refractivity contribution in [3.05, 3.63) is 24.3 Å². The fourth-order valence-corrected chi connectivity index (χ4v) is 1.84. The Morgan fingerprint density at radius 3 is 1.27 bits per heavy atom. The van der Waals surface area contributed by atoms with E-state index in [-0.39, 0.29) is 11.6 Å². The van der Waals surface area contributed by atoms with Crippen LogP contribution in [0.4, 0.5) is 0 Å². The quantitative estimate of drug-likeness (QED) is 0.496. The van der Waals surface area contributed by atoms with E-state index in [1.807, 2.05) is 13.8 Å². The van der Waals surface area contributed by atoms with Gasteiger partial charge in [-0.05, 0) is 40.5 Å². The summed E-state index contributed by atoms with van der Waals surface area (Å²) >= 11 is 0. The molecule has 15 heavy (non-hydrogen) atoms. The Morgan fingerprint density at radius 1 is 0.867 bits per heavy atom. The van der Waals surface area contributed by atoms with Gasteiger partial charge in [0, 0.05) is 0 Å². The van der Waals surface area contributed by atoms with E-state index in [0.717, 1.165) is 11.1 Å². The summed E-state index contributed by atoms with van der Waals surface area (Å²) in [6.07, 6.45) is 0.842. The largest absolute Gasteiger partial charge is 0.299 e. The Labute approximate surface area is 92.1 Å². The van der Waals surface area contributed by atoms with Gasteiger partial charge in [0.05, 0.1) is 5.41 Å². The lowest BCUT2D eigenvalue weighted by Gasteiger charge is -2.29. The molecule has 0 aromatic heterocycles. The van der Waals surface area contributed by atoms with Crippen LogP contribution < -0.4 is 0 Å². The van der Waals surface area contributed by atoms with Crippen LogP contribution in [0.25, 0.3) is 0 Å². The van der Waals surface area contributed by atoms with Crippen LogP contribution >= 0.6 is 0 Å². The second-order valence-electron chi connectivity index (χ2n) is 4.46. The Hall–Kier alpha value is -1.18. The van der Waals surface area contributed by atoms with Gasteiger partial charge in [-0.25, -0.2) is 0 Å². The number of hydrogen-bond acceptors (Lipinski definition) is 2. The summed E-state index contributed by atoms with van der Waals surface area (Å²) in [7, 11) is 0. The van der Waals surface area contributed by atoms with Crippen molar-refractivity contribution in [2.24, 2.45) is 5.41 Å². The molecule has 0 amide bonds. The van der Waals surface area contributed by atoms with Crippen LogP contribution in [0, 0.1) is 5.41 Å². The normalized spacial score (nSPS) is 10.9. The predicted molar refractivity (Wildman–Crippen MR) is 62.7 cm³/mol. The highest BCUT2D eigenvalue weighted by molar-refractivity contribution is 6.05. The molecule has 0 saturated carbocycles. The van der Waals surface area contributed by atoms with Crippen molar-refractivity contribution in [2.75, 3.05) is 0 Å². The number of Topliss-reactive ketones (excluding diaryl/α,β-unsaturated/α-hetero) is 2. The molecule has 2 nitrogen and oxygen atoms in total. The second-order valence-corrected chi connectivity index (χ2v) is 4.46. The smallest absolute Gasteiger partial charge is 0.143 e. The Morgan fingerprint density at radius 2 is 1.13 bits per heavy atom. The maximum Gasteiger partial charge on any atom is 0.143 e. The van der Waals surface area contributed by atoms with Crippen LogP contribution in [-0.2, 0) is 9.59 Å². The van der Waals surface area contributed by atoms with E-state index in [0.29, 0.717) is 12.8 Å². The molecule has 0 aliphatic rings. The summed E-state index contributed by atoms with van der Waals surface area (Å²) in [6.45, 7) is 14.2. The molecule has 0 N–H and O–H groups in total. The number of allylic oxidation sites excluding steroid dienone is 2. The summed E-state index contributed by atoms with van der Waals surface area (Å²) in [5.41, 5.74) is 0.765. The van der Waals surface area contributed by atoms with Crippen LogP contribution in [-0.4, -0.2) is 11.6 Å². The van der Waals surface area contributed by atoms with Crippen molar-refractivity contribution in [1.29, 1.82) is 0 Å². The number of ketones is 2. The summed E-state index contributed by atoms with van der Waals surface area (Å²) in [4.78, 5) is 23.4. The van der Waals surface area contributed by atoms with Crippen LogP contribution in [0.15, 0.2) is 24.3 Å². The molecule has 0 aromatic rings. The topological polar surface area (TPSA) is 34.1 Å². The number of hydrogen-bond donors (Lipinski definition) is 0. The zero-order chi connectivity index (χ0) is 12.2. The monoisotopic (exact) mass is 208 g/mol. The summed E-state index contributed by atoms with van der Waals surface area (Å²) in [5.74, 6) is -0.193. The van der Waals surface area contributed by atoms with Crippen molar-refractivity contribution in [1.82, 2.24) is 0 Å². The lowest BCUT2D eigenvalue weighted by Crippen LogP contribution is -2.37. The third-order valence-electron chi connectivity index (χ3n) is 2.55. The van der Waals surface area contributed by atoms with E-state index in [1.165, 1.54) is 13.8 Å². The molecule has 0 aliphatic carbocycles. The summed E-state index contributed by atoms with van der Waals surface area (Å²) < 4.78 is 0. The van der Waals surface area contributed by atoms with E-state index >= 15 is 0 Å². The molecule has 0 saturated heterocycles. The van der Waals surface area contributed by atoms with E-state index in [1.54, 1.807) is 0 Å². The zero-order valence-corrected chi connectivity index (χ0v) is 10.1. The molecule has 0 radical (unpaired) electrons. The standard InChI is InChI=1S/C13H20O2/c1-9(2)7-13(11(5)14,12(6)15)8-10(3)4/h1,3,7-8H2,2,4-6H3. The molecular weight excluding hydrogens is 188 g/mol. The highest BCUT2D eigenvalue weighted by Crippen LogP contribution is 2.34. The van der Waals surface area contributed by atoms with Gasteiger partial charge in [-0.2, -0.15) is 0 Å². The van der Waals surface area contributed by atoms with Crippen molar-refractivity contribution < 1.29 is 9.59 Å². The molecule has 0 spiro atoms. The van der Waals surface area contributed by atoms with E-state index < -0.39 is 5.41 Å². The first-order chi connectivity index (χ1) is 6.72. The molecule has 0 bridgehead atoms. The predicted octanol–water partition coefficient (Wildman–Crippen LogP) is 3.08. The number of carbonyl (C=O) groups excluding carboxylic acids is 2. The van der Waals surface area contributed by atoms with E-state index in [2.05, 4.69) is 13.2 Å². The average Bonchev–Trinajstić information content (AvgIpc) is 1.99. The first kappa shape index (κ1) is 13.8. The minimum absolute atomic E-state index is 0.0963. The number of rotatable bonds is 6. The SMILES string of the molecule is C=C(C)CC(CC(=C)C)(C(C)=O)C(C)=O. The molecular formula is C13H20O2. The van der Waals surface area contributed by atoms with Gasteiger partial charge < -0.3 is 0 Å². The fraction of sp³-hybridized carbons (Fsp3) is 0.538. The molecule has 0 aliphatic heterocycles. The fourth-order valence-electron chi connectivity index (χ4n) is 1.84. The van der Waals surface area contributed by atoms with Crippen LogP contribution in [0.1, 0.15) is 40.5 Å². The van der Waals surface area contributed by atoms with E-state index in [9.17, 15) is 9.59 Å². The minimum atomic E-state index is -0.933. The first-order valence-corrected chi connectivity index (χ1v) is 5.03. The molecule has 84 valence electrons. The molecule has 2 heteroatoms. The minimum Gasteiger partial charge on any atom is -0.299 e. The van der Waals surface area contributed by atoms with Gasteiger partial charge in [0.1, 0.15) is 11.6 Å². The van der Waals surface area contributed by atoms with Gasteiger partial charge in [0.2, 0.25) is 0 Å². The highest BCUT2D eigenvalue weighted by atomic mass is 16.2. The Kier molecular flexibility index (Phi) is 4.66. The first-order valence-electron chi connectivity index (χ1n) is 5.03. The van der Waals surface area contributed by atoms with Gasteiger partial charge in [-0.15, -0.1) is 13.2 Å². The molecule has 0 fully saturated rings. The molecule has 0 unspecified atom stereocenters. The van der Waals surface area contributed by atoms with Crippen molar-refractivity contribution in [2.45, 2.75) is 40.5 Å². The van der Waals surface area contributed by atoms with Crippen molar-refractivity contribution in [3.63, 3.8) is 0 Å². The molecule has 0 aromatic carbocycles. The molecule has 0 heterocycles. The maximum absolute atomic E-state index is 11.7. The Balaban J connectivity index is 5.26. The van der Waals surface area contributed by atoms with Gasteiger partial charge >= 0.3 is 0 Å². The van der Waals surface area contributed by atoms with E-state index in [4.69, 9.17) is 0 Å². The molecule has 0 atom stereocenters. The number of carbonyl (C=O) groups is 2. The third-order valence-corrected chi connectivity index (χ3v) is 2.55. The lowest BCUT2D eigenvalue weighted by atomic mass is 9.71. The summed E-state index contributed by atoms with van der Waals surface area (Å²) in [5, 5.41) is 0. The highest BCUT2D eigenvalue weighted by Gasteiger charge is 2.39. The lowest BCUT2D eigenvalue weighted by molar-refractivity contribution is -0.138. The van der Waals surface area contributed by atoms with Gasteiger partial charge in [0.25, 0.3) is 0 Å². The average molecular weight is 208 g/mol. The van der Waals surface area contributed by atoms with Crippen molar-refractivity contribution >= 4 is 11.6 Å². The van der Waals surface area contributed by atoms with Crippen LogP contribution in [0.2, 0.25) is 0 Å². The van der Waals surface area contributed by atoms with Gasteiger partial charge in [-0.1, -0.05) is 11.1 Å². The van der Waals surface area contributed by atoms with Crippen LogP contribution in [0.3, 0.4) is 0 Å². The zero-order valence-electron chi connectivity index (χ0n) is 10.1. The third kappa shape index (κ3) is 3.46. The maximum atomic E-state index is 11.7. The Bertz CT molecular complexity index is 278. The second kappa shape index (κ2) is 5.06. The summed E-state index contributed by atoms with van der Waals surface area (Å²) in [6, 6.07) is 0. The van der Waals surface area contributed by atoms with Crippen molar-refractivity contribution in [3.8, 4) is 0 Å². The van der Waals surface area contributed by atoms with Crippen LogP contribution in [0.5, 0.6) is 0 Å². The van der Waals surface area contributed by atoms with Gasteiger partial charge in [0.15, 0.2) is 0 Å². The van der Waals surface area contributed by atoms with Gasteiger partial charge in [-0.3, -0.25) is 9.59 Å².